The molecule has 4 heterocycles. The number of imidazole rings is 1. The second-order valence-corrected chi connectivity index (χ2v) is 9.66. The van der Waals surface area contributed by atoms with Gasteiger partial charge in [-0.05, 0) is 42.8 Å². The zero-order valence-electron chi connectivity index (χ0n) is 21.7. The zero-order chi connectivity index (χ0) is 28.8. The van der Waals surface area contributed by atoms with Crippen molar-refractivity contribution in [2.75, 3.05) is 23.3 Å². The summed E-state index contributed by atoms with van der Waals surface area (Å²) in [6.45, 7) is 1.05. The molecule has 1 amide bonds. The normalized spacial score (nSPS) is 15.0. The zero-order valence-corrected chi connectivity index (χ0v) is 21.7. The number of hydrogen-bond donors (Lipinski definition) is 2. The summed E-state index contributed by atoms with van der Waals surface area (Å²) in [6.07, 6.45) is 4.39. The smallest absolute Gasteiger partial charge is 0.284 e. The fourth-order valence-electron chi connectivity index (χ4n) is 5.08. The summed E-state index contributed by atoms with van der Waals surface area (Å²) in [5, 5.41) is 6.53. The molecule has 0 unspecified atom stereocenters. The van der Waals surface area contributed by atoms with Gasteiger partial charge in [0, 0.05) is 38.6 Å². The molecule has 0 bridgehead atoms. The van der Waals surface area contributed by atoms with Crippen LogP contribution < -0.4 is 21.5 Å². The molecule has 13 heteroatoms. The van der Waals surface area contributed by atoms with Crippen LogP contribution in [0.4, 0.5) is 24.5 Å². The largest absolute Gasteiger partial charge is 0.366 e. The number of nitrogens with zero attached hydrogens (tertiary/aromatic N) is 6. The lowest BCUT2D eigenvalue weighted by Gasteiger charge is -2.22. The van der Waals surface area contributed by atoms with Crippen molar-refractivity contribution in [1.29, 1.82) is 0 Å². The topological polar surface area (TPSA) is 124 Å². The molecule has 6 rings (SSSR count). The van der Waals surface area contributed by atoms with Crippen molar-refractivity contribution in [1.82, 2.24) is 24.3 Å². The van der Waals surface area contributed by atoms with Crippen LogP contribution in [0.25, 0.3) is 28.1 Å². The van der Waals surface area contributed by atoms with Gasteiger partial charge in [0.25, 0.3) is 11.5 Å². The van der Waals surface area contributed by atoms with Crippen LogP contribution in [-0.2, 0) is 7.05 Å². The molecule has 1 saturated heterocycles. The van der Waals surface area contributed by atoms with E-state index in [0.29, 0.717) is 52.4 Å². The Kier molecular flexibility index (Phi) is 6.50. The number of aryl methyl sites for hydroxylation is 1. The molecule has 41 heavy (non-hydrogen) atoms. The summed E-state index contributed by atoms with van der Waals surface area (Å²) in [5.41, 5.74) is 6.41. The van der Waals surface area contributed by atoms with Gasteiger partial charge in [-0.25, -0.2) is 18.2 Å². The number of hydrogen-bond acceptors (Lipinski definition) is 7. The first kappa shape index (κ1) is 26.2. The number of carbonyl (C=O) groups excluding carboxylic acids is 1. The van der Waals surface area contributed by atoms with Gasteiger partial charge < -0.3 is 20.5 Å². The van der Waals surface area contributed by atoms with Crippen LogP contribution in [0.5, 0.6) is 0 Å². The number of rotatable bonds is 5. The number of benzene rings is 2. The molecule has 1 fully saturated rings. The molecule has 1 aliphatic heterocycles. The van der Waals surface area contributed by atoms with Gasteiger partial charge in [-0.2, -0.15) is 9.78 Å². The number of amides is 1. The number of fused-ring (bicyclic) bond motifs is 1. The van der Waals surface area contributed by atoms with Crippen molar-refractivity contribution in [3.8, 4) is 17.1 Å². The third-order valence-electron chi connectivity index (χ3n) is 7.07. The van der Waals surface area contributed by atoms with Gasteiger partial charge >= 0.3 is 0 Å². The Hall–Kier alpha value is -5.04. The molecule has 0 saturated carbocycles. The van der Waals surface area contributed by atoms with E-state index >= 15 is 0 Å². The third-order valence-corrected chi connectivity index (χ3v) is 7.07. The Morgan fingerprint density at radius 2 is 1.80 bits per heavy atom. The number of anilines is 2. The van der Waals surface area contributed by atoms with Gasteiger partial charge in [0.05, 0.1) is 28.7 Å². The minimum atomic E-state index is -1.01. The third kappa shape index (κ3) is 4.49. The van der Waals surface area contributed by atoms with Gasteiger partial charge in [0.2, 0.25) is 0 Å². The van der Waals surface area contributed by atoms with E-state index < -0.39 is 34.6 Å². The van der Waals surface area contributed by atoms with E-state index in [1.54, 1.807) is 23.7 Å². The van der Waals surface area contributed by atoms with Gasteiger partial charge in [0.15, 0.2) is 17.5 Å². The highest BCUT2D eigenvalue weighted by Crippen LogP contribution is 2.38. The first-order valence-corrected chi connectivity index (χ1v) is 12.7. The number of nitrogens with one attached hydrogen (secondary N) is 1. The van der Waals surface area contributed by atoms with Crippen molar-refractivity contribution in [2.24, 2.45) is 12.8 Å². The molecule has 0 aliphatic carbocycles. The lowest BCUT2D eigenvalue weighted by Crippen LogP contribution is -2.31. The first-order chi connectivity index (χ1) is 19.7. The average molecular weight is 561 g/mol. The van der Waals surface area contributed by atoms with E-state index in [4.69, 9.17) is 10.7 Å². The van der Waals surface area contributed by atoms with Crippen molar-refractivity contribution in [3.05, 3.63) is 94.4 Å². The second-order valence-electron chi connectivity index (χ2n) is 9.66. The molecule has 5 aromatic rings. The number of para-hydroxylation sites is 1. The van der Waals surface area contributed by atoms with Crippen molar-refractivity contribution in [2.45, 2.75) is 12.5 Å². The molecule has 10 nitrogen and oxygen atoms in total. The fraction of sp³-hybridized carbons (Fsp3) is 0.179. The molecule has 2 aromatic carbocycles. The standard InChI is InChI=1S/C28H23F3N8O2/c1-37-22-6-5-21(35-27(40)17-8-11-34-39(28(17)41)24-18(29)3-2-4-19(24)30)25(38-12-9-15(32)14-38)23(22)36-26(37)16-7-10-33-13-20(16)31/h2-8,10-11,13,15H,9,12,14,32H2,1H3,(H,35,40)/t15-/m0/s1. The summed E-state index contributed by atoms with van der Waals surface area (Å²) in [6, 6.07) is 9.09. The highest BCUT2D eigenvalue weighted by molar-refractivity contribution is 6.09. The molecule has 3 aromatic heterocycles. The molecule has 1 atom stereocenters. The van der Waals surface area contributed by atoms with E-state index in [9.17, 15) is 22.8 Å². The summed E-state index contributed by atoms with van der Waals surface area (Å²) in [4.78, 5) is 37.1. The number of halogens is 3. The van der Waals surface area contributed by atoms with Gasteiger partial charge in [-0.1, -0.05) is 6.07 Å². The predicted octanol–water partition coefficient (Wildman–Crippen LogP) is 3.39. The first-order valence-electron chi connectivity index (χ1n) is 12.7. The predicted molar refractivity (Wildman–Crippen MR) is 146 cm³/mol. The number of aromatic nitrogens is 5. The highest BCUT2D eigenvalue weighted by atomic mass is 19.1. The van der Waals surface area contributed by atoms with Gasteiger partial charge in [-0.3, -0.25) is 14.6 Å². The fourth-order valence-corrected chi connectivity index (χ4v) is 5.08. The maximum absolute atomic E-state index is 14.6. The summed E-state index contributed by atoms with van der Waals surface area (Å²) in [5.74, 6) is -3.01. The average Bonchev–Trinajstić information content (AvgIpc) is 3.52. The molecule has 0 spiro atoms. The van der Waals surface area contributed by atoms with Crippen LogP contribution in [0.15, 0.2) is 65.8 Å². The Morgan fingerprint density at radius 3 is 2.51 bits per heavy atom. The number of nitrogens with two attached hydrogens (primary N) is 1. The maximum Gasteiger partial charge on any atom is 0.284 e. The minimum Gasteiger partial charge on any atom is -0.366 e. The quantitative estimate of drug-likeness (QED) is 0.338. The lowest BCUT2D eigenvalue weighted by atomic mass is 10.2. The van der Waals surface area contributed by atoms with Gasteiger partial charge in [0.1, 0.15) is 22.6 Å². The van der Waals surface area contributed by atoms with Crippen molar-refractivity contribution < 1.29 is 18.0 Å². The molecule has 208 valence electrons. The molecule has 3 N–H and O–H groups in total. The minimum absolute atomic E-state index is 0.113. The highest BCUT2D eigenvalue weighted by Gasteiger charge is 2.28. The number of pyridine rings is 1. The number of carbonyl (C=O) groups is 1. The van der Waals surface area contributed by atoms with Crippen LogP contribution in [-0.4, -0.2) is 49.4 Å². The molecule has 1 aliphatic rings. The van der Waals surface area contributed by atoms with Crippen molar-refractivity contribution in [3.63, 3.8) is 0 Å². The van der Waals surface area contributed by atoms with E-state index in [-0.39, 0.29) is 17.2 Å². The summed E-state index contributed by atoms with van der Waals surface area (Å²) in [7, 11) is 1.75. The Balaban J connectivity index is 1.46. The van der Waals surface area contributed by atoms with E-state index in [1.807, 2.05) is 4.90 Å². The van der Waals surface area contributed by atoms with Crippen LogP contribution >= 0.6 is 0 Å². The summed E-state index contributed by atoms with van der Waals surface area (Å²) < 4.78 is 45.7. The van der Waals surface area contributed by atoms with Crippen LogP contribution in [0.3, 0.4) is 0 Å². The second kappa shape index (κ2) is 10.2. The van der Waals surface area contributed by atoms with Crippen LogP contribution in [0, 0.1) is 17.5 Å². The van der Waals surface area contributed by atoms with Crippen LogP contribution in [0.1, 0.15) is 16.8 Å². The van der Waals surface area contributed by atoms with Crippen LogP contribution in [0.2, 0.25) is 0 Å². The summed E-state index contributed by atoms with van der Waals surface area (Å²) >= 11 is 0. The van der Waals surface area contributed by atoms with E-state index in [1.165, 1.54) is 18.3 Å². The molecular weight excluding hydrogens is 537 g/mol. The Morgan fingerprint density at radius 1 is 1.02 bits per heavy atom. The molecular formula is C28H23F3N8O2. The van der Waals surface area contributed by atoms with E-state index in [2.05, 4.69) is 15.4 Å². The Bertz CT molecular complexity index is 1870. The van der Waals surface area contributed by atoms with Crippen molar-refractivity contribution >= 4 is 28.3 Å². The maximum atomic E-state index is 14.6. The monoisotopic (exact) mass is 560 g/mol. The SMILES string of the molecule is Cn1c(-c2ccncc2F)nc2c(N3CC[C@H](N)C3)c(NC(=O)c3ccnn(-c4c(F)cccc4F)c3=O)ccc21. The Labute approximate surface area is 230 Å². The molecule has 0 radical (unpaired) electrons. The van der Waals surface area contributed by atoms with Gasteiger partial charge in [-0.15, -0.1) is 0 Å². The lowest BCUT2D eigenvalue weighted by molar-refractivity contribution is 0.102. The van der Waals surface area contributed by atoms with E-state index in [0.717, 1.165) is 30.6 Å².